The SMILES string of the molecule is O=[N+]([O-])c1cccc2c1ccn2-c1ccc(C(F)(F)F)cc1Cl. The van der Waals surface area contributed by atoms with Crippen LogP contribution in [0.15, 0.2) is 48.7 Å². The fourth-order valence-electron chi connectivity index (χ4n) is 2.40. The number of fused-ring (bicyclic) bond motifs is 1. The average molecular weight is 341 g/mol. The van der Waals surface area contributed by atoms with Crippen LogP contribution >= 0.6 is 11.6 Å². The first kappa shape index (κ1) is 15.4. The first-order chi connectivity index (χ1) is 10.8. The number of halogens is 4. The zero-order chi connectivity index (χ0) is 16.8. The maximum absolute atomic E-state index is 12.7. The van der Waals surface area contributed by atoms with E-state index < -0.39 is 16.7 Å². The van der Waals surface area contributed by atoms with Crippen molar-refractivity contribution >= 4 is 28.2 Å². The molecule has 2 aromatic carbocycles. The second-order valence-corrected chi connectivity index (χ2v) is 5.22. The van der Waals surface area contributed by atoms with Gasteiger partial charge in [-0.25, -0.2) is 0 Å². The summed E-state index contributed by atoms with van der Waals surface area (Å²) in [6.07, 6.45) is -2.95. The maximum atomic E-state index is 12.7. The summed E-state index contributed by atoms with van der Waals surface area (Å²) in [5.41, 5.74) is -0.131. The highest BCUT2D eigenvalue weighted by atomic mass is 35.5. The summed E-state index contributed by atoms with van der Waals surface area (Å²) in [6, 6.07) is 9.03. The van der Waals surface area contributed by atoms with Crippen molar-refractivity contribution in [3.63, 3.8) is 0 Å². The minimum absolute atomic E-state index is 0.0794. The number of hydrogen-bond acceptors (Lipinski definition) is 2. The van der Waals surface area contributed by atoms with E-state index in [4.69, 9.17) is 11.6 Å². The molecule has 0 bridgehead atoms. The number of alkyl halides is 3. The van der Waals surface area contributed by atoms with Gasteiger partial charge in [-0.15, -0.1) is 0 Å². The fourth-order valence-corrected chi connectivity index (χ4v) is 2.67. The van der Waals surface area contributed by atoms with Crippen LogP contribution in [0, 0.1) is 10.1 Å². The van der Waals surface area contributed by atoms with Crippen LogP contribution in [0.2, 0.25) is 5.02 Å². The lowest BCUT2D eigenvalue weighted by Gasteiger charge is -2.11. The Labute approximate surface area is 132 Å². The molecular weight excluding hydrogens is 333 g/mol. The largest absolute Gasteiger partial charge is 0.416 e. The number of benzene rings is 2. The summed E-state index contributed by atoms with van der Waals surface area (Å²) in [4.78, 5) is 10.5. The van der Waals surface area contributed by atoms with Gasteiger partial charge in [0, 0.05) is 12.3 Å². The van der Waals surface area contributed by atoms with Gasteiger partial charge in [0.15, 0.2) is 0 Å². The molecule has 0 aliphatic rings. The smallest absolute Gasteiger partial charge is 0.315 e. The predicted octanol–water partition coefficient (Wildman–Crippen LogP) is 5.21. The number of hydrogen-bond donors (Lipinski definition) is 0. The molecule has 0 saturated heterocycles. The first-order valence-electron chi connectivity index (χ1n) is 6.40. The number of aromatic nitrogens is 1. The predicted molar refractivity (Wildman–Crippen MR) is 79.9 cm³/mol. The van der Waals surface area contributed by atoms with E-state index in [1.54, 1.807) is 6.07 Å². The molecule has 0 aliphatic carbocycles. The van der Waals surface area contributed by atoms with Crippen LogP contribution in [0.3, 0.4) is 0 Å². The second kappa shape index (κ2) is 5.27. The fraction of sp³-hybridized carbons (Fsp3) is 0.0667. The molecule has 0 spiro atoms. The van der Waals surface area contributed by atoms with Crippen molar-refractivity contribution in [3.8, 4) is 5.69 Å². The van der Waals surface area contributed by atoms with Gasteiger partial charge in [-0.05, 0) is 30.3 Å². The van der Waals surface area contributed by atoms with Crippen LogP contribution in [-0.2, 0) is 6.18 Å². The first-order valence-corrected chi connectivity index (χ1v) is 6.78. The Hall–Kier alpha value is -2.54. The molecule has 8 heteroatoms. The van der Waals surface area contributed by atoms with Crippen LogP contribution in [0.4, 0.5) is 18.9 Å². The molecule has 23 heavy (non-hydrogen) atoms. The highest BCUT2D eigenvalue weighted by Gasteiger charge is 2.31. The quantitative estimate of drug-likeness (QED) is 0.475. The lowest BCUT2D eigenvalue weighted by Crippen LogP contribution is -2.05. The van der Waals surface area contributed by atoms with Gasteiger partial charge in [0.25, 0.3) is 5.69 Å². The van der Waals surface area contributed by atoms with Crippen LogP contribution < -0.4 is 0 Å². The topological polar surface area (TPSA) is 48.1 Å². The van der Waals surface area contributed by atoms with Crippen LogP contribution in [0.25, 0.3) is 16.6 Å². The Morgan fingerprint density at radius 2 is 1.87 bits per heavy atom. The summed E-state index contributed by atoms with van der Waals surface area (Å²) >= 11 is 5.97. The average Bonchev–Trinajstić information content (AvgIpc) is 2.89. The van der Waals surface area contributed by atoms with Crippen molar-refractivity contribution in [1.29, 1.82) is 0 Å². The third-order valence-electron chi connectivity index (χ3n) is 3.44. The number of nitro benzene ring substituents is 1. The molecule has 0 aliphatic heterocycles. The monoisotopic (exact) mass is 340 g/mol. The van der Waals surface area contributed by atoms with E-state index in [0.29, 0.717) is 16.6 Å². The molecular formula is C15H8ClF3N2O2. The van der Waals surface area contributed by atoms with E-state index in [1.807, 2.05) is 0 Å². The molecule has 0 amide bonds. The molecule has 118 valence electrons. The Bertz CT molecular complexity index is 919. The normalized spacial score (nSPS) is 11.8. The number of rotatable bonds is 2. The van der Waals surface area contributed by atoms with Gasteiger partial charge >= 0.3 is 6.18 Å². The molecule has 3 aromatic rings. The van der Waals surface area contributed by atoms with Crippen LogP contribution in [0.1, 0.15) is 5.56 Å². The van der Waals surface area contributed by atoms with Gasteiger partial charge in [-0.1, -0.05) is 17.7 Å². The third kappa shape index (κ3) is 2.63. The highest BCUT2D eigenvalue weighted by molar-refractivity contribution is 6.32. The van der Waals surface area contributed by atoms with E-state index in [-0.39, 0.29) is 10.7 Å². The van der Waals surface area contributed by atoms with E-state index in [2.05, 4.69) is 0 Å². The molecule has 0 unspecified atom stereocenters. The molecule has 0 saturated carbocycles. The van der Waals surface area contributed by atoms with Crippen molar-refractivity contribution in [2.24, 2.45) is 0 Å². The summed E-state index contributed by atoms with van der Waals surface area (Å²) < 4.78 is 39.6. The van der Waals surface area contributed by atoms with E-state index in [9.17, 15) is 23.3 Å². The van der Waals surface area contributed by atoms with Gasteiger partial charge in [0.05, 0.1) is 32.1 Å². The maximum Gasteiger partial charge on any atom is 0.416 e. The minimum atomic E-state index is -4.49. The summed E-state index contributed by atoms with van der Waals surface area (Å²) in [7, 11) is 0. The zero-order valence-corrected chi connectivity index (χ0v) is 12.1. The van der Waals surface area contributed by atoms with E-state index in [1.165, 1.54) is 35.0 Å². The van der Waals surface area contributed by atoms with Gasteiger partial charge in [-0.3, -0.25) is 10.1 Å². The Morgan fingerprint density at radius 1 is 1.13 bits per heavy atom. The van der Waals surface area contributed by atoms with Crippen LogP contribution in [0.5, 0.6) is 0 Å². The number of non-ortho nitro benzene ring substituents is 1. The summed E-state index contributed by atoms with van der Waals surface area (Å²) in [5.74, 6) is 0. The number of nitro groups is 1. The van der Waals surface area contributed by atoms with Gasteiger partial charge in [0.2, 0.25) is 0 Å². The van der Waals surface area contributed by atoms with Crippen LogP contribution in [-0.4, -0.2) is 9.49 Å². The van der Waals surface area contributed by atoms with Crippen molar-refractivity contribution in [2.45, 2.75) is 6.18 Å². The standard InChI is InChI=1S/C15H8ClF3N2O2/c16-11-8-9(15(17,18)19)4-5-14(11)20-7-6-10-12(20)2-1-3-13(10)21(22)23/h1-8H. The molecule has 3 rings (SSSR count). The van der Waals surface area contributed by atoms with Gasteiger partial charge in [0.1, 0.15) is 0 Å². The Kier molecular flexibility index (Phi) is 3.52. The van der Waals surface area contributed by atoms with Crippen molar-refractivity contribution in [1.82, 2.24) is 4.57 Å². The van der Waals surface area contributed by atoms with Gasteiger partial charge < -0.3 is 4.57 Å². The zero-order valence-electron chi connectivity index (χ0n) is 11.3. The number of nitrogens with zero attached hydrogens (tertiary/aromatic N) is 2. The lowest BCUT2D eigenvalue weighted by molar-refractivity contribution is -0.383. The molecule has 0 atom stereocenters. The lowest BCUT2D eigenvalue weighted by atomic mass is 10.2. The molecule has 1 aromatic heterocycles. The van der Waals surface area contributed by atoms with Crippen molar-refractivity contribution in [2.75, 3.05) is 0 Å². The third-order valence-corrected chi connectivity index (χ3v) is 3.74. The highest BCUT2D eigenvalue weighted by Crippen LogP contribution is 2.35. The minimum Gasteiger partial charge on any atom is -0.315 e. The summed E-state index contributed by atoms with van der Waals surface area (Å²) in [6.45, 7) is 0. The molecule has 4 nitrogen and oxygen atoms in total. The Morgan fingerprint density at radius 3 is 2.48 bits per heavy atom. The van der Waals surface area contributed by atoms with E-state index in [0.717, 1.165) is 12.1 Å². The molecule has 0 radical (unpaired) electrons. The molecule has 0 fully saturated rings. The van der Waals surface area contributed by atoms with E-state index >= 15 is 0 Å². The molecule has 0 N–H and O–H groups in total. The second-order valence-electron chi connectivity index (χ2n) is 4.82. The Balaban J connectivity index is 2.18. The van der Waals surface area contributed by atoms with Gasteiger partial charge in [-0.2, -0.15) is 13.2 Å². The van der Waals surface area contributed by atoms with Crippen molar-refractivity contribution in [3.05, 3.63) is 69.4 Å². The van der Waals surface area contributed by atoms with Crippen molar-refractivity contribution < 1.29 is 18.1 Å². The summed E-state index contributed by atoms with van der Waals surface area (Å²) in [5, 5.41) is 11.3. The molecule has 1 heterocycles.